The minimum Gasteiger partial charge on any atom is -0.397 e. The maximum atomic E-state index is 12.3. The molecule has 2 atom stereocenters. The molecule has 98 valence electrons. The van der Waals surface area contributed by atoms with Crippen LogP contribution in [-0.2, 0) is 0 Å². The lowest BCUT2D eigenvalue weighted by Crippen LogP contribution is -2.46. The lowest BCUT2D eigenvalue weighted by Gasteiger charge is -2.34. The highest BCUT2D eigenvalue weighted by Gasteiger charge is 2.28. The summed E-state index contributed by atoms with van der Waals surface area (Å²) in [5, 5.41) is 10.0. The number of amides is 1. The van der Waals surface area contributed by atoms with Crippen molar-refractivity contribution >= 4 is 23.2 Å². The van der Waals surface area contributed by atoms with E-state index in [-0.39, 0.29) is 17.0 Å². The minimum atomic E-state index is -0.485. The molecule has 2 unspecified atom stereocenters. The highest BCUT2D eigenvalue weighted by Crippen LogP contribution is 2.22. The number of likely N-dealkylation sites (tertiary alicyclic amines) is 1. The van der Waals surface area contributed by atoms with Crippen molar-refractivity contribution in [2.75, 3.05) is 18.8 Å². The van der Waals surface area contributed by atoms with E-state index in [4.69, 9.17) is 17.3 Å². The Hall–Kier alpha value is -1.33. The molecule has 0 spiro atoms. The fraction of sp³-hybridized carbons (Fsp3) is 0.500. The van der Waals surface area contributed by atoms with Crippen LogP contribution in [0.25, 0.3) is 0 Å². The first-order chi connectivity index (χ1) is 8.49. The Morgan fingerprint density at radius 3 is 3.06 bits per heavy atom. The number of nitrogen functional groups attached to an aromatic ring is 1. The molecule has 0 aliphatic carbocycles. The van der Waals surface area contributed by atoms with Gasteiger partial charge in [-0.05, 0) is 18.4 Å². The highest BCUT2D eigenvalue weighted by molar-refractivity contribution is 6.29. The Morgan fingerprint density at radius 1 is 1.67 bits per heavy atom. The third-order valence-corrected chi connectivity index (χ3v) is 3.54. The zero-order valence-corrected chi connectivity index (χ0v) is 10.9. The van der Waals surface area contributed by atoms with Gasteiger partial charge in [0.25, 0.3) is 5.91 Å². The fourth-order valence-electron chi connectivity index (χ4n) is 2.03. The summed E-state index contributed by atoms with van der Waals surface area (Å²) in [5.74, 6) is 0.00942. The third kappa shape index (κ3) is 2.57. The van der Waals surface area contributed by atoms with Crippen LogP contribution in [-0.4, -0.2) is 40.1 Å². The molecule has 0 bridgehead atoms. The largest absolute Gasteiger partial charge is 0.397 e. The molecule has 2 rings (SSSR count). The van der Waals surface area contributed by atoms with E-state index in [0.29, 0.717) is 24.3 Å². The molecule has 1 saturated heterocycles. The van der Waals surface area contributed by atoms with Gasteiger partial charge in [0.05, 0.1) is 23.6 Å². The molecular weight excluding hydrogens is 254 g/mol. The summed E-state index contributed by atoms with van der Waals surface area (Å²) in [6, 6.07) is 1.46. The molecule has 1 aromatic rings. The molecule has 1 aliphatic rings. The summed E-state index contributed by atoms with van der Waals surface area (Å²) in [6.45, 7) is 2.93. The van der Waals surface area contributed by atoms with Crippen molar-refractivity contribution < 1.29 is 9.90 Å². The van der Waals surface area contributed by atoms with E-state index in [9.17, 15) is 9.90 Å². The number of halogens is 1. The van der Waals surface area contributed by atoms with Gasteiger partial charge < -0.3 is 15.7 Å². The van der Waals surface area contributed by atoms with Gasteiger partial charge in [0.15, 0.2) is 0 Å². The second kappa shape index (κ2) is 5.12. The van der Waals surface area contributed by atoms with Crippen molar-refractivity contribution in [3.8, 4) is 0 Å². The van der Waals surface area contributed by atoms with Crippen LogP contribution in [0.4, 0.5) is 5.69 Å². The fourth-order valence-corrected chi connectivity index (χ4v) is 2.19. The van der Waals surface area contributed by atoms with Gasteiger partial charge >= 0.3 is 0 Å². The summed E-state index contributed by atoms with van der Waals surface area (Å²) < 4.78 is 0. The van der Waals surface area contributed by atoms with Crippen LogP contribution >= 0.6 is 11.6 Å². The second-order valence-corrected chi connectivity index (χ2v) is 5.07. The van der Waals surface area contributed by atoms with Gasteiger partial charge in [-0.25, -0.2) is 4.98 Å². The summed E-state index contributed by atoms with van der Waals surface area (Å²) in [4.78, 5) is 17.7. The van der Waals surface area contributed by atoms with Crippen LogP contribution < -0.4 is 5.73 Å². The maximum Gasteiger partial charge on any atom is 0.256 e. The SMILES string of the molecule is CC1CCN(C(=O)c2cc(Cl)ncc2N)CC1O. The Bertz CT molecular complexity index is 467. The quantitative estimate of drug-likeness (QED) is 0.750. The van der Waals surface area contributed by atoms with Gasteiger partial charge in [0.2, 0.25) is 0 Å². The van der Waals surface area contributed by atoms with Crippen molar-refractivity contribution in [2.24, 2.45) is 5.92 Å². The Morgan fingerprint density at radius 2 is 2.39 bits per heavy atom. The normalized spacial score (nSPS) is 24.1. The first-order valence-corrected chi connectivity index (χ1v) is 6.25. The number of nitrogens with zero attached hydrogens (tertiary/aromatic N) is 2. The maximum absolute atomic E-state index is 12.3. The van der Waals surface area contributed by atoms with Crippen molar-refractivity contribution in [1.29, 1.82) is 0 Å². The van der Waals surface area contributed by atoms with Crippen molar-refractivity contribution in [2.45, 2.75) is 19.4 Å². The number of aliphatic hydroxyl groups excluding tert-OH is 1. The number of piperidine rings is 1. The van der Waals surface area contributed by atoms with E-state index in [1.54, 1.807) is 4.90 Å². The minimum absolute atomic E-state index is 0.206. The van der Waals surface area contributed by atoms with E-state index >= 15 is 0 Å². The molecular formula is C12H16ClN3O2. The summed E-state index contributed by atoms with van der Waals surface area (Å²) in [7, 11) is 0. The number of aromatic nitrogens is 1. The Kier molecular flexibility index (Phi) is 3.73. The molecule has 1 amide bonds. The molecule has 5 nitrogen and oxygen atoms in total. The van der Waals surface area contributed by atoms with Crippen LogP contribution in [0.15, 0.2) is 12.3 Å². The van der Waals surface area contributed by atoms with Crippen molar-refractivity contribution in [3.05, 3.63) is 23.0 Å². The number of anilines is 1. The lowest BCUT2D eigenvalue weighted by atomic mass is 9.95. The Balaban J connectivity index is 2.19. The van der Waals surface area contributed by atoms with E-state index in [2.05, 4.69) is 4.98 Å². The van der Waals surface area contributed by atoms with E-state index < -0.39 is 6.10 Å². The first-order valence-electron chi connectivity index (χ1n) is 5.87. The molecule has 0 aromatic carbocycles. The predicted octanol–water partition coefficient (Wildman–Crippen LogP) is 1.16. The molecule has 0 saturated carbocycles. The van der Waals surface area contributed by atoms with Gasteiger partial charge in [-0.3, -0.25) is 4.79 Å². The van der Waals surface area contributed by atoms with E-state index in [1.165, 1.54) is 12.3 Å². The number of hydrogen-bond acceptors (Lipinski definition) is 4. The van der Waals surface area contributed by atoms with Crippen LogP contribution in [0.2, 0.25) is 5.15 Å². The molecule has 0 radical (unpaired) electrons. The number of β-amino-alcohol motifs (C(OH)–C–C–N with tert-alkyl or cyclic N) is 1. The summed E-state index contributed by atoms with van der Waals surface area (Å²) in [5.41, 5.74) is 6.38. The van der Waals surface area contributed by atoms with Gasteiger partial charge in [-0.15, -0.1) is 0 Å². The lowest BCUT2D eigenvalue weighted by molar-refractivity contribution is 0.0249. The molecule has 3 N–H and O–H groups in total. The number of carbonyl (C=O) groups excluding carboxylic acids is 1. The van der Waals surface area contributed by atoms with Crippen LogP contribution in [0.1, 0.15) is 23.7 Å². The number of aliphatic hydroxyl groups is 1. The number of hydrogen-bond donors (Lipinski definition) is 2. The zero-order chi connectivity index (χ0) is 13.3. The smallest absolute Gasteiger partial charge is 0.256 e. The first kappa shape index (κ1) is 13.1. The van der Waals surface area contributed by atoms with Crippen LogP contribution in [0.5, 0.6) is 0 Å². The molecule has 18 heavy (non-hydrogen) atoms. The summed E-state index contributed by atoms with van der Waals surface area (Å²) in [6.07, 6.45) is 1.67. The predicted molar refractivity (Wildman–Crippen MR) is 69.4 cm³/mol. The summed E-state index contributed by atoms with van der Waals surface area (Å²) >= 11 is 5.76. The number of pyridine rings is 1. The standard InChI is InChI=1S/C12H16ClN3O2/c1-7-2-3-16(6-10(7)17)12(18)8-4-11(13)15-5-9(8)14/h4-5,7,10,17H,2-3,6,14H2,1H3. The topological polar surface area (TPSA) is 79.5 Å². The molecule has 1 aromatic heterocycles. The molecule has 2 heterocycles. The van der Waals surface area contributed by atoms with Crippen LogP contribution in [0.3, 0.4) is 0 Å². The monoisotopic (exact) mass is 269 g/mol. The Labute approximate surface area is 111 Å². The van der Waals surface area contributed by atoms with Gasteiger partial charge in [-0.2, -0.15) is 0 Å². The molecule has 1 aliphatic heterocycles. The van der Waals surface area contributed by atoms with E-state index in [1.807, 2.05) is 6.92 Å². The van der Waals surface area contributed by atoms with Gasteiger partial charge in [0, 0.05) is 13.1 Å². The number of nitrogens with two attached hydrogens (primary N) is 1. The van der Waals surface area contributed by atoms with Gasteiger partial charge in [-0.1, -0.05) is 18.5 Å². The molecule has 1 fully saturated rings. The third-order valence-electron chi connectivity index (χ3n) is 3.34. The van der Waals surface area contributed by atoms with E-state index in [0.717, 1.165) is 6.42 Å². The zero-order valence-electron chi connectivity index (χ0n) is 10.1. The number of rotatable bonds is 1. The highest BCUT2D eigenvalue weighted by atomic mass is 35.5. The second-order valence-electron chi connectivity index (χ2n) is 4.68. The average Bonchev–Trinajstić information content (AvgIpc) is 2.35. The number of carbonyl (C=O) groups is 1. The molecule has 6 heteroatoms. The van der Waals surface area contributed by atoms with Crippen molar-refractivity contribution in [1.82, 2.24) is 9.88 Å². The van der Waals surface area contributed by atoms with Crippen LogP contribution in [0, 0.1) is 5.92 Å². The average molecular weight is 270 g/mol. The van der Waals surface area contributed by atoms with Gasteiger partial charge in [0.1, 0.15) is 5.15 Å². The van der Waals surface area contributed by atoms with Crippen molar-refractivity contribution in [3.63, 3.8) is 0 Å².